The Balaban J connectivity index is 1.89. The molecule has 1 fully saturated rings. The molecular formula is C23H28N4O4. The Labute approximate surface area is 182 Å². The number of carbonyl (C=O) groups excluding carboxylic acids is 3. The number of amides is 2. The number of benzene rings is 1. The number of ether oxygens (including phenoxy) is 1. The molecule has 0 radical (unpaired) electrons. The van der Waals surface area contributed by atoms with Crippen LogP contribution in [0.4, 0.5) is 4.79 Å². The van der Waals surface area contributed by atoms with Crippen LogP contribution in [0, 0.1) is 23.7 Å². The van der Waals surface area contributed by atoms with Crippen LogP contribution >= 0.6 is 0 Å². The van der Waals surface area contributed by atoms with E-state index in [9.17, 15) is 19.6 Å². The summed E-state index contributed by atoms with van der Waals surface area (Å²) in [6.45, 7) is 9.12. The number of hydrogen-bond donors (Lipinski definition) is 0. The summed E-state index contributed by atoms with van der Waals surface area (Å²) in [4.78, 5) is 40.1. The zero-order chi connectivity index (χ0) is 22.9. The lowest BCUT2D eigenvalue weighted by Crippen LogP contribution is -2.61. The van der Waals surface area contributed by atoms with Crippen LogP contribution in [0.5, 0.6) is 0 Å². The van der Waals surface area contributed by atoms with Gasteiger partial charge in [-0.05, 0) is 36.1 Å². The second-order valence-corrected chi connectivity index (χ2v) is 8.94. The maximum Gasteiger partial charge on any atom is 0.409 e. The van der Waals surface area contributed by atoms with E-state index in [4.69, 9.17) is 4.74 Å². The molecule has 1 aliphatic heterocycles. The number of nitriles is 1. The van der Waals surface area contributed by atoms with Gasteiger partial charge in [-0.25, -0.2) is 4.79 Å². The molecule has 0 saturated carbocycles. The van der Waals surface area contributed by atoms with Gasteiger partial charge in [0.2, 0.25) is 5.91 Å². The van der Waals surface area contributed by atoms with Gasteiger partial charge in [0, 0.05) is 36.1 Å². The van der Waals surface area contributed by atoms with Crippen LogP contribution in [0.1, 0.15) is 42.4 Å². The number of hydrogen-bond acceptors (Lipinski definition) is 5. The Bertz CT molecular complexity index is 1070. The Morgan fingerprint density at radius 3 is 2.58 bits per heavy atom. The van der Waals surface area contributed by atoms with Gasteiger partial charge in [0.15, 0.2) is 0 Å². The summed E-state index contributed by atoms with van der Waals surface area (Å²) in [5.41, 5.74) is 2.22. The van der Waals surface area contributed by atoms with Gasteiger partial charge in [-0.2, -0.15) is 5.26 Å². The molecule has 2 aromatic rings. The summed E-state index contributed by atoms with van der Waals surface area (Å²) in [7, 11) is 1.36. The predicted molar refractivity (Wildman–Crippen MR) is 116 cm³/mol. The zero-order valence-electron chi connectivity index (χ0n) is 18.6. The first-order valence-electron chi connectivity index (χ1n) is 10.2. The van der Waals surface area contributed by atoms with Gasteiger partial charge in [0.05, 0.1) is 13.2 Å². The molecule has 0 aliphatic carbocycles. The number of aromatic nitrogens is 1. The lowest BCUT2D eigenvalue weighted by molar-refractivity contribution is -0.135. The average Bonchev–Trinajstić information content (AvgIpc) is 3.10. The van der Waals surface area contributed by atoms with Crippen LogP contribution in [0.3, 0.4) is 0 Å². The third kappa shape index (κ3) is 4.13. The minimum absolute atomic E-state index is 0.0152. The molecule has 0 bridgehead atoms. The van der Waals surface area contributed by atoms with Crippen LogP contribution in [0.15, 0.2) is 18.2 Å². The largest absolute Gasteiger partial charge is 0.453 e. The maximum absolute atomic E-state index is 13.2. The molecule has 1 aromatic carbocycles. The van der Waals surface area contributed by atoms with Crippen molar-refractivity contribution in [3.05, 3.63) is 35.0 Å². The minimum atomic E-state index is -0.392. The van der Waals surface area contributed by atoms with Gasteiger partial charge >= 0.3 is 6.09 Å². The highest BCUT2D eigenvalue weighted by molar-refractivity contribution is 5.93. The first kappa shape index (κ1) is 22.3. The van der Waals surface area contributed by atoms with Crippen LogP contribution in [-0.4, -0.2) is 65.4 Å². The lowest BCUT2D eigenvalue weighted by atomic mass is 9.84. The summed E-state index contributed by atoms with van der Waals surface area (Å²) in [5.74, 6) is -0.120. The molecule has 1 unspecified atom stereocenters. The molecule has 0 N–H and O–H groups in total. The van der Waals surface area contributed by atoms with E-state index in [-0.39, 0.29) is 23.9 Å². The monoisotopic (exact) mass is 424 g/mol. The van der Waals surface area contributed by atoms with Gasteiger partial charge in [-0.3, -0.25) is 9.59 Å². The highest BCUT2D eigenvalue weighted by atomic mass is 16.5. The van der Waals surface area contributed by atoms with Crippen molar-refractivity contribution in [3.63, 3.8) is 0 Å². The SMILES string of the molecule is COC(=O)N1CCN(C(=O)Cn2c(C#N)cc3c(C)c(C=O)ccc32)CC1C(C)(C)C. The van der Waals surface area contributed by atoms with E-state index in [2.05, 4.69) is 6.07 Å². The number of methoxy groups -OCH3 is 1. The molecule has 31 heavy (non-hydrogen) atoms. The Hall–Kier alpha value is -3.34. The standard InChI is InChI=1S/C23H28N4O4/c1-15-16(14-28)6-7-19-18(15)10-17(11-24)27(19)13-21(29)25-8-9-26(22(30)31-5)20(12-25)23(2,3)4/h6-7,10,14,20H,8-9,12-13H2,1-5H3. The van der Waals surface area contributed by atoms with Gasteiger partial charge in [-0.15, -0.1) is 0 Å². The molecule has 2 amide bonds. The molecule has 1 saturated heterocycles. The van der Waals surface area contributed by atoms with Crippen LogP contribution < -0.4 is 0 Å². The Kier molecular flexibility index (Phi) is 6.07. The highest BCUT2D eigenvalue weighted by Gasteiger charge is 2.39. The summed E-state index contributed by atoms with van der Waals surface area (Å²) >= 11 is 0. The summed E-state index contributed by atoms with van der Waals surface area (Å²) < 4.78 is 6.62. The van der Waals surface area contributed by atoms with Gasteiger partial charge in [-0.1, -0.05) is 20.8 Å². The molecular weight excluding hydrogens is 396 g/mol. The molecule has 1 atom stereocenters. The van der Waals surface area contributed by atoms with Crippen molar-refractivity contribution in [1.82, 2.24) is 14.4 Å². The molecule has 1 aliphatic rings. The van der Waals surface area contributed by atoms with Crippen molar-refractivity contribution in [1.29, 1.82) is 5.26 Å². The Morgan fingerprint density at radius 2 is 2.00 bits per heavy atom. The van der Waals surface area contributed by atoms with E-state index in [0.29, 0.717) is 30.9 Å². The molecule has 3 rings (SSSR count). The first-order chi connectivity index (χ1) is 14.6. The van der Waals surface area contributed by atoms with E-state index >= 15 is 0 Å². The van der Waals surface area contributed by atoms with Crippen molar-refractivity contribution in [3.8, 4) is 6.07 Å². The molecule has 8 nitrogen and oxygen atoms in total. The lowest BCUT2D eigenvalue weighted by Gasteiger charge is -2.46. The van der Waals surface area contributed by atoms with Gasteiger partial charge < -0.3 is 19.1 Å². The molecule has 2 heterocycles. The fourth-order valence-corrected chi connectivity index (χ4v) is 4.21. The number of fused-ring (bicyclic) bond motifs is 1. The second kappa shape index (κ2) is 8.42. The van der Waals surface area contributed by atoms with Crippen LogP contribution in [-0.2, 0) is 16.1 Å². The van der Waals surface area contributed by atoms with E-state index in [1.54, 1.807) is 32.6 Å². The van der Waals surface area contributed by atoms with Crippen molar-refractivity contribution in [2.24, 2.45) is 5.41 Å². The third-order valence-electron chi connectivity index (χ3n) is 6.07. The number of piperazine rings is 1. The summed E-state index contributed by atoms with van der Waals surface area (Å²) in [6.07, 6.45) is 0.396. The van der Waals surface area contributed by atoms with Crippen LogP contribution in [0.25, 0.3) is 10.9 Å². The molecule has 1 aromatic heterocycles. The highest BCUT2D eigenvalue weighted by Crippen LogP contribution is 2.29. The van der Waals surface area contributed by atoms with Gasteiger partial charge in [0.25, 0.3) is 0 Å². The minimum Gasteiger partial charge on any atom is -0.453 e. The normalized spacial score (nSPS) is 16.8. The van der Waals surface area contributed by atoms with Crippen LogP contribution in [0.2, 0.25) is 0 Å². The fraction of sp³-hybridized carbons (Fsp3) is 0.478. The zero-order valence-corrected chi connectivity index (χ0v) is 18.6. The number of nitrogens with zero attached hydrogens (tertiary/aromatic N) is 4. The number of aldehydes is 1. The predicted octanol–water partition coefficient (Wildman–Crippen LogP) is 2.96. The summed E-state index contributed by atoms with van der Waals surface area (Å²) in [5, 5.41) is 10.4. The number of carbonyl (C=O) groups is 3. The van der Waals surface area contributed by atoms with E-state index in [1.807, 2.05) is 27.7 Å². The summed E-state index contributed by atoms with van der Waals surface area (Å²) in [6, 6.07) is 7.16. The van der Waals surface area contributed by atoms with Crippen molar-refractivity contribution in [2.75, 3.05) is 26.7 Å². The second-order valence-electron chi connectivity index (χ2n) is 8.94. The topological polar surface area (TPSA) is 95.6 Å². The van der Waals surface area contributed by atoms with E-state index in [0.717, 1.165) is 22.8 Å². The third-order valence-corrected chi connectivity index (χ3v) is 6.07. The quantitative estimate of drug-likeness (QED) is 0.706. The Morgan fingerprint density at radius 1 is 1.29 bits per heavy atom. The van der Waals surface area contributed by atoms with Crippen molar-refractivity contribution >= 4 is 29.2 Å². The first-order valence-corrected chi connectivity index (χ1v) is 10.2. The number of aryl methyl sites for hydroxylation is 1. The maximum atomic E-state index is 13.2. The smallest absolute Gasteiger partial charge is 0.409 e. The van der Waals surface area contributed by atoms with Crippen molar-refractivity contribution < 1.29 is 19.1 Å². The van der Waals surface area contributed by atoms with E-state index < -0.39 is 6.09 Å². The molecule has 0 spiro atoms. The number of rotatable bonds is 3. The van der Waals surface area contributed by atoms with E-state index in [1.165, 1.54) is 7.11 Å². The molecule has 164 valence electrons. The van der Waals surface area contributed by atoms with Gasteiger partial charge in [0.1, 0.15) is 24.6 Å². The molecule has 8 heteroatoms. The fourth-order valence-electron chi connectivity index (χ4n) is 4.21. The average molecular weight is 425 g/mol. The van der Waals surface area contributed by atoms with Crippen molar-refractivity contribution in [2.45, 2.75) is 40.3 Å².